The lowest BCUT2D eigenvalue weighted by Gasteiger charge is -1.78. The van der Waals surface area contributed by atoms with Crippen molar-refractivity contribution in [3.05, 3.63) is 24.3 Å². The highest BCUT2D eigenvalue weighted by atomic mass is 35.5. The van der Waals surface area contributed by atoms with Crippen LogP contribution in [0, 0.1) is 0 Å². The van der Waals surface area contributed by atoms with Crippen molar-refractivity contribution in [3.8, 4) is 0 Å². The molecule has 0 aliphatic heterocycles. The van der Waals surface area contributed by atoms with E-state index in [2.05, 4.69) is 9.97 Å². The molecule has 0 spiro atoms. The van der Waals surface area contributed by atoms with Crippen LogP contribution in [-0.4, -0.2) is 15.2 Å². The van der Waals surface area contributed by atoms with Crippen molar-refractivity contribution in [3.63, 3.8) is 0 Å². The summed E-state index contributed by atoms with van der Waals surface area (Å²) in [5.74, 6) is 0. The molecule has 0 unspecified atom stereocenters. The van der Waals surface area contributed by atoms with Gasteiger partial charge in [-0.15, -0.1) is 0 Å². The van der Waals surface area contributed by atoms with Gasteiger partial charge in [-0.2, -0.15) is 0 Å². The fourth-order valence-electron chi connectivity index (χ4n) is 0.513. The molecule has 3 nitrogen and oxygen atoms in total. The van der Waals surface area contributed by atoms with Crippen molar-refractivity contribution in [1.29, 1.82) is 0 Å². The fourth-order valence-corrected chi connectivity index (χ4v) is 0.576. The normalized spacial score (nSPS) is 10.5. The molecule has 0 bridgehead atoms. The molecule has 0 aromatic carbocycles. The monoisotopic (exact) mass is 156 g/mol. The second-order valence-electron chi connectivity index (χ2n) is 1.64. The largest absolute Gasteiger partial charge is 0.345 e. The lowest BCUT2D eigenvalue weighted by molar-refractivity contribution is -0.107. The fraction of sp³-hybridized carbons (Fsp3) is 0. The first-order valence-corrected chi connectivity index (χ1v) is 3.03. The summed E-state index contributed by atoms with van der Waals surface area (Å²) in [6.45, 7) is 0. The molecule has 0 amide bonds. The molecule has 1 rings (SSSR count). The van der Waals surface area contributed by atoms with E-state index in [1.54, 1.807) is 12.3 Å². The summed E-state index contributed by atoms with van der Waals surface area (Å²) in [6.07, 6.45) is 5.94. The van der Waals surface area contributed by atoms with Crippen LogP contribution in [0.2, 0.25) is 0 Å². The minimum absolute atomic E-state index is 0.491. The molecule has 0 aliphatic rings. The molecular weight excluding hydrogens is 152 g/mol. The Bertz CT molecular complexity index is 240. The molecule has 0 atom stereocenters. The molecular formula is C6H5ClN2O. The maximum atomic E-state index is 10.2. The van der Waals surface area contributed by atoms with Gasteiger partial charge in [-0.25, -0.2) is 4.98 Å². The van der Waals surface area contributed by atoms with Gasteiger partial charge in [0.2, 0.25) is 5.24 Å². The number of rotatable bonds is 2. The molecule has 0 saturated carbocycles. The van der Waals surface area contributed by atoms with Gasteiger partial charge in [-0.05, 0) is 23.8 Å². The number of imidazole rings is 1. The number of nitrogens with one attached hydrogen (secondary N) is 1. The van der Waals surface area contributed by atoms with Crippen LogP contribution in [0.4, 0.5) is 0 Å². The van der Waals surface area contributed by atoms with Crippen molar-refractivity contribution >= 4 is 22.9 Å². The molecule has 1 aromatic rings. The van der Waals surface area contributed by atoms with Gasteiger partial charge in [0.05, 0.1) is 18.2 Å². The van der Waals surface area contributed by atoms with E-state index < -0.39 is 5.24 Å². The minimum atomic E-state index is -0.491. The number of aromatic amines is 1. The highest BCUT2D eigenvalue weighted by molar-refractivity contribution is 6.66. The number of nitrogens with zero attached hydrogens (tertiary/aromatic N) is 1. The molecule has 1 aromatic heterocycles. The van der Waals surface area contributed by atoms with Crippen LogP contribution in [0.5, 0.6) is 0 Å². The Labute approximate surface area is 62.7 Å². The van der Waals surface area contributed by atoms with Crippen molar-refractivity contribution in [2.24, 2.45) is 0 Å². The lowest BCUT2D eigenvalue weighted by Crippen LogP contribution is -1.75. The van der Waals surface area contributed by atoms with Crippen LogP contribution in [0.1, 0.15) is 5.69 Å². The second kappa shape index (κ2) is 3.17. The van der Waals surface area contributed by atoms with E-state index >= 15 is 0 Å². The Balaban J connectivity index is 2.64. The first-order valence-electron chi connectivity index (χ1n) is 2.65. The summed E-state index contributed by atoms with van der Waals surface area (Å²) in [5, 5.41) is -0.491. The average molecular weight is 157 g/mol. The summed E-state index contributed by atoms with van der Waals surface area (Å²) in [7, 11) is 0. The van der Waals surface area contributed by atoms with Crippen LogP contribution in [-0.2, 0) is 4.79 Å². The van der Waals surface area contributed by atoms with Crippen molar-refractivity contribution in [1.82, 2.24) is 9.97 Å². The van der Waals surface area contributed by atoms with Crippen molar-refractivity contribution in [2.45, 2.75) is 0 Å². The van der Waals surface area contributed by atoms with E-state index in [-0.39, 0.29) is 0 Å². The van der Waals surface area contributed by atoms with E-state index in [9.17, 15) is 4.79 Å². The highest BCUT2D eigenvalue weighted by Crippen LogP contribution is 1.94. The van der Waals surface area contributed by atoms with Crippen LogP contribution < -0.4 is 0 Å². The zero-order chi connectivity index (χ0) is 7.40. The summed E-state index contributed by atoms with van der Waals surface area (Å²) in [5.41, 5.74) is 0.758. The SMILES string of the molecule is O=C(Cl)C=Cc1cnc[nH]1. The zero-order valence-corrected chi connectivity index (χ0v) is 5.80. The first kappa shape index (κ1) is 7.02. The summed E-state index contributed by atoms with van der Waals surface area (Å²) >= 11 is 5.03. The number of allylic oxidation sites excluding steroid dienone is 1. The third kappa shape index (κ3) is 2.03. The minimum Gasteiger partial charge on any atom is -0.345 e. The van der Waals surface area contributed by atoms with Crippen LogP contribution in [0.3, 0.4) is 0 Å². The Hall–Kier alpha value is -1.09. The topological polar surface area (TPSA) is 45.8 Å². The molecule has 4 heteroatoms. The Morgan fingerprint density at radius 2 is 2.60 bits per heavy atom. The molecule has 1 heterocycles. The molecule has 52 valence electrons. The summed E-state index contributed by atoms with van der Waals surface area (Å²) in [6, 6.07) is 0. The van der Waals surface area contributed by atoms with E-state index in [4.69, 9.17) is 11.6 Å². The van der Waals surface area contributed by atoms with Gasteiger partial charge in [0.25, 0.3) is 0 Å². The van der Waals surface area contributed by atoms with E-state index in [1.165, 1.54) is 12.4 Å². The van der Waals surface area contributed by atoms with Crippen molar-refractivity contribution in [2.75, 3.05) is 0 Å². The van der Waals surface area contributed by atoms with Gasteiger partial charge in [0, 0.05) is 0 Å². The lowest BCUT2D eigenvalue weighted by atomic mass is 10.4. The van der Waals surface area contributed by atoms with Gasteiger partial charge >= 0.3 is 0 Å². The number of carbonyl (C=O) groups is 1. The number of H-pyrrole nitrogens is 1. The summed E-state index contributed by atoms with van der Waals surface area (Å²) < 4.78 is 0. The Morgan fingerprint density at radius 3 is 3.10 bits per heavy atom. The van der Waals surface area contributed by atoms with Gasteiger partial charge in [0.15, 0.2) is 0 Å². The number of hydrogen-bond acceptors (Lipinski definition) is 2. The van der Waals surface area contributed by atoms with Crippen LogP contribution in [0.25, 0.3) is 6.08 Å². The molecule has 0 fully saturated rings. The third-order valence-electron chi connectivity index (χ3n) is 0.913. The smallest absolute Gasteiger partial charge is 0.245 e. The Morgan fingerprint density at radius 1 is 1.80 bits per heavy atom. The van der Waals surface area contributed by atoms with Gasteiger partial charge in [-0.1, -0.05) is 0 Å². The predicted octanol–water partition coefficient (Wildman–Crippen LogP) is 1.19. The Kier molecular flexibility index (Phi) is 2.23. The zero-order valence-electron chi connectivity index (χ0n) is 5.04. The first-order chi connectivity index (χ1) is 4.79. The predicted molar refractivity (Wildman–Crippen MR) is 38.5 cm³/mol. The maximum absolute atomic E-state index is 10.2. The average Bonchev–Trinajstić information content (AvgIpc) is 2.34. The van der Waals surface area contributed by atoms with Crippen LogP contribution >= 0.6 is 11.6 Å². The standard InChI is InChI=1S/C6H5ClN2O/c7-6(10)2-1-5-3-8-4-9-5/h1-4H,(H,8,9). The van der Waals surface area contributed by atoms with E-state index in [1.807, 2.05) is 0 Å². The summed E-state index contributed by atoms with van der Waals surface area (Å²) in [4.78, 5) is 16.7. The number of carbonyl (C=O) groups excluding carboxylic acids is 1. The number of aromatic nitrogens is 2. The van der Waals surface area contributed by atoms with Gasteiger partial charge in [0.1, 0.15) is 0 Å². The molecule has 0 radical (unpaired) electrons. The van der Waals surface area contributed by atoms with E-state index in [0.717, 1.165) is 5.69 Å². The van der Waals surface area contributed by atoms with Crippen LogP contribution in [0.15, 0.2) is 18.6 Å². The molecule has 0 saturated heterocycles. The highest BCUT2D eigenvalue weighted by Gasteiger charge is 1.87. The third-order valence-corrected chi connectivity index (χ3v) is 1.04. The molecule has 1 N–H and O–H groups in total. The number of halogens is 1. The maximum Gasteiger partial charge on any atom is 0.245 e. The molecule has 10 heavy (non-hydrogen) atoms. The van der Waals surface area contributed by atoms with Gasteiger partial charge < -0.3 is 4.98 Å². The quantitative estimate of drug-likeness (QED) is 0.517. The second-order valence-corrected chi connectivity index (χ2v) is 2.02. The van der Waals surface area contributed by atoms with Crippen molar-refractivity contribution < 1.29 is 4.79 Å². The number of hydrogen-bond donors (Lipinski definition) is 1. The molecule has 0 aliphatic carbocycles. The van der Waals surface area contributed by atoms with E-state index in [0.29, 0.717) is 0 Å². The van der Waals surface area contributed by atoms with Gasteiger partial charge in [-0.3, -0.25) is 4.79 Å².